The molecule has 1 rings (SSSR count). The molecule has 0 bridgehead atoms. The highest BCUT2D eigenvalue weighted by molar-refractivity contribution is 6.31. The average molecular weight is 258 g/mol. The van der Waals surface area contributed by atoms with E-state index < -0.39 is 0 Å². The summed E-state index contributed by atoms with van der Waals surface area (Å²) in [6, 6.07) is 5.65. The maximum absolute atomic E-state index is 6.14. The first-order valence-corrected chi connectivity index (χ1v) is 5.95. The topological polar surface area (TPSA) is 30.5 Å². The summed E-state index contributed by atoms with van der Waals surface area (Å²) in [5.41, 5.74) is 0.790. The van der Waals surface area contributed by atoms with Crippen molar-refractivity contribution in [3.05, 3.63) is 28.8 Å². The Morgan fingerprint density at radius 1 is 1.29 bits per heavy atom. The van der Waals surface area contributed by atoms with E-state index in [2.05, 4.69) is 5.32 Å². The molecule has 0 unspecified atom stereocenters. The molecule has 0 saturated heterocycles. The van der Waals surface area contributed by atoms with Crippen molar-refractivity contribution in [3.63, 3.8) is 0 Å². The Labute approximate surface area is 108 Å². The van der Waals surface area contributed by atoms with Crippen LogP contribution in [-0.2, 0) is 11.3 Å². The lowest BCUT2D eigenvalue weighted by atomic mass is 10.1. The van der Waals surface area contributed by atoms with Crippen molar-refractivity contribution in [2.24, 2.45) is 0 Å². The molecule has 0 amide bonds. The minimum atomic E-state index is -0.186. The smallest absolute Gasteiger partial charge is 0.124 e. The van der Waals surface area contributed by atoms with Gasteiger partial charge in [-0.2, -0.15) is 0 Å². The second kappa shape index (κ2) is 6.24. The van der Waals surface area contributed by atoms with Gasteiger partial charge in [-0.3, -0.25) is 0 Å². The minimum absolute atomic E-state index is 0.186. The molecule has 0 radical (unpaired) electrons. The summed E-state index contributed by atoms with van der Waals surface area (Å²) >= 11 is 6.14. The molecule has 17 heavy (non-hydrogen) atoms. The van der Waals surface area contributed by atoms with E-state index in [1.807, 2.05) is 32.0 Å². The summed E-state index contributed by atoms with van der Waals surface area (Å²) in [6.07, 6.45) is 0. The van der Waals surface area contributed by atoms with Gasteiger partial charge in [0.25, 0.3) is 0 Å². The predicted molar refractivity (Wildman–Crippen MR) is 70.8 cm³/mol. The van der Waals surface area contributed by atoms with Crippen LogP contribution >= 0.6 is 11.6 Å². The quantitative estimate of drug-likeness (QED) is 0.850. The van der Waals surface area contributed by atoms with Gasteiger partial charge >= 0.3 is 0 Å². The van der Waals surface area contributed by atoms with Gasteiger partial charge in [0.05, 0.1) is 12.7 Å². The van der Waals surface area contributed by atoms with Crippen molar-refractivity contribution in [2.75, 3.05) is 20.8 Å². The van der Waals surface area contributed by atoms with Gasteiger partial charge in [0.15, 0.2) is 0 Å². The van der Waals surface area contributed by atoms with Crippen molar-refractivity contribution in [1.82, 2.24) is 5.32 Å². The molecule has 1 aromatic carbocycles. The highest BCUT2D eigenvalue weighted by Crippen LogP contribution is 2.25. The molecule has 0 aliphatic carbocycles. The average Bonchev–Trinajstić information content (AvgIpc) is 2.31. The Balaban J connectivity index is 2.63. The molecule has 1 N–H and O–H groups in total. The van der Waals surface area contributed by atoms with Crippen LogP contribution in [0.4, 0.5) is 0 Å². The Morgan fingerprint density at radius 2 is 2.00 bits per heavy atom. The van der Waals surface area contributed by atoms with Crippen molar-refractivity contribution < 1.29 is 9.47 Å². The molecule has 0 saturated carbocycles. The molecule has 0 spiro atoms. The number of methoxy groups -OCH3 is 2. The Bertz CT molecular complexity index is 366. The number of benzene rings is 1. The summed E-state index contributed by atoms with van der Waals surface area (Å²) in [5, 5.41) is 4.03. The van der Waals surface area contributed by atoms with Gasteiger partial charge in [-0.15, -0.1) is 0 Å². The van der Waals surface area contributed by atoms with Crippen molar-refractivity contribution in [1.29, 1.82) is 0 Å². The normalized spacial score (nSPS) is 11.6. The first-order chi connectivity index (χ1) is 8.00. The zero-order valence-corrected chi connectivity index (χ0v) is 11.6. The fraction of sp³-hybridized carbons (Fsp3) is 0.538. The SMILES string of the molecule is COc1cccc(Cl)c1CNCC(C)(C)OC. The molecular formula is C13H20ClNO2. The molecule has 96 valence electrons. The van der Waals surface area contributed by atoms with Crippen LogP contribution in [0.5, 0.6) is 5.75 Å². The summed E-state index contributed by atoms with van der Waals surface area (Å²) < 4.78 is 10.6. The van der Waals surface area contributed by atoms with E-state index in [1.165, 1.54) is 0 Å². The standard InChI is InChI=1S/C13H20ClNO2/c1-13(2,17-4)9-15-8-10-11(14)6-5-7-12(10)16-3/h5-7,15H,8-9H2,1-4H3. The largest absolute Gasteiger partial charge is 0.496 e. The van der Waals surface area contributed by atoms with Gasteiger partial charge < -0.3 is 14.8 Å². The molecule has 0 fully saturated rings. The first-order valence-electron chi connectivity index (χ1n) is 5.57. The summed E-state index contributed by atoms with van der Waals surface area (Å²) in [4.78, 5) is 0. The molecule has 0 aromatic heterocycles. The maximum atomic E-state index is 6.14. The molecule has 4 heteroatoms. The van der Waals surface area contributed by atoms with E-state index in [4.69, 9.17) is 21.1 Å². The van der Waals surface area contributed by atoms with Gasteiger partial charge in [-0.1, -0.05) is 17.7 Å². The third-order valence-electron chi connectivity index (χ3n) is 2.70. The van der Waals surface area contributed by atoms with Crippen LogP contribution in [0, 0.1) is 0 Å². The fourth-order valence-corrected chi connectivity index (χ4v) is 1.70. The molecule has 3 nitrogen and oxygen atoms in total. The minimum Gasteiger partial charge on any atom is -0.496 e. The number of halogens is 1. The summed E-state index contributed by atoms with van der Waals surface area (Å²) in [6.45, 7) is 5.47. The molecule has 0 heterocycles. The lowest BCUT2D eigenvalue weighted by molar-refractivity contribution is 0.0230. The van der Waals surface area contributed by atoms with Gasteiger partial charge in [0.1, 0.15) is 5.75 Å². The van der Waals surface area contributed by atoms with Crippen LogP contribution in [0.15, 0.2) is 18.2 Å². The fourth-order valence-electron chi connectivity index (χ4n) is 1.46. The predicted octanol–water partition coefficient (Wildman–Crippen LogP) is 2.86. The zero-order chi connectivity index (χ0) is 12.9. The number of hydrogen-bond acceptors (Lipinski definition) is 3. The number of rotatable bonds is 6. The summed E-state index contributed by atoms with van der Waals surface area (Å²) in [5.74, 6) is 0.806. The summed E-state index contributed by atoms with van der Waals surface area (Å²) in [7, 11) is 3.35. The van der Waals surface area contributed by atoms with Crippen LogP contribution in [0.2, 0.25) is 5.02 Å². The third-order valence-corrected chi connectivity index (χ3v) is 3.05. The monoisotopic (exact) mass is 257 g/mol. The van der Waals surface area contributed by atoms with E-state index in [-0.39, 0.29) is 5.60 Å². The highest BCUT2D eigenvalue weighted by Gasteiger charge is 2.16. The van der Waals surface area contributed by atoms with Crippen LogP contribution < -0.4 is 10.1 Å². The number of ether oxygens (including phenoxy) is 2. The second-order valence-electron chi connectivity index (χ2n) is 4.49. The van der Waals surface area contributed by atoms with E-state index in [0.717, 1.165) is 17.9 Å². The zero-order valence-electron chi connectivity index (χ0n) is 10.8. The van der Waals surface area contributed by atoms with Crippen molar-refractivity contribution >= 4 is 11.6 Å². The van der Waals surface area contributed by atoms with Gasteiger partial charge in [-0.25, -0.2) is 0 Å². The molecule has 1 aromatic rings. The lowest BCUT2D eigenvalue weighted by Crippen LogP contribution is -2.36. The van der Waals surface area contributed by atoms with Crippen LogP contribution in [0.3, 0.4) is 0 Å². The maximum Gasteiger partial charge on any atom is 0.124 e. The third kappa shape index (κ3) is 4.19. The Hall–Kier alpha value is -0.770. The van der Waals surface area contributed by atoms with E-state index in [9.17, 15) is 0 Å². The highest BCUT2D eigenvalue weighted by atomic mass is 35.5. The van der Waals surface area contributed by atoms with Crippen molar-refractivity contribution in [2.45, 2.75) is 26.0 Å². The Morgan fingerprint density at radius 3 is 2.59 bits per heavy atom. The molecular weight excluding hydrogens is 238 g/mol. The lowest BCUT2D eigenvalue weighted by Gasteiger charge is -2.23. The molecule has 0 aliphatic heterocycles. The first kappa shape index (κ1) is 14.3. The van der Waals surface area contributed by atoms with Crippen LogP contribution in [-0.4, -0.2) is 26.4 Å². The van der Waals surface area contributed by atoms with E-state index in [0.29, 0.717) is 11.6 Å². The van der Waals surface area contributed by atoms with Crippen LogP contribution in [0.25, 0.3) is 0 Å². The van der Waals surface area contributed by atoms with E-state index in [1.54, 1.807) is 14.2 Å². The molecule has 0 aliphatic rings. The number of hydrogen-bond donors (Lipinski definition) is 1. The number of nitrogens with one attached hydrogen (secondary N) is 1. The van der Waals surface area contributed by atoms with Gasteiger partial charge in [-0.05, 0) is 26.0 Å². The van der Waals surface area contributed by atoms with Crippen LogP contribution in [0.1, 0.15) is 19.4 Å². The second-order valence-corrected chi connectivity index (χ2v) is 4.90. The molecule has 0 atom stereocenters. The van der Waals surface area contributed by atoms with Gasteiger partial charge in [0.2, 0.25) is 0 Å². The van der Waals surface area contributed by atoms with Crippen molar-refractivity contribution in [3.8, 4) is 5.75 Å². The van der Waals surface area contributed by atoms with Gasteiger partial charge in [0, 0.05) is 30.8 Å². The Kier molecular flexibility index (Phi) is 5.25. The van der Waals surface area contributed by atoms with E-state index >= 15 is 0 Å².